The molecule has 1 saturated heterocycles. The van der Waals surface area contributed by atoms with E-state index in [1.54, 1.807) is 0 Å². The monoisotopic (exact) mass is 200 g/mol. The summed E-state index contributed by atoms with van der Waals surface area (Å²) in [5.74, 6) is 0. The highest BCUT2D eigenvalue weighted by molar-refractivity contribution is 5.75. The third kappa shape index (κ3) is 1.83. The summed E-state index contributed by atoms with van der Waals surface area (Å²) < 4.78 is 0. The first-order valence-electron chi connectivity index (χ1n) is 5.08. The first-order chi connectivity index (χ1) is 6.66. The number of likely N-dealkylation sites (tertiary alicyclic amines) is 1. The van der Waals surface area contributed by atoms with E-state index in [1.165, 1.54) is 11.3 Å². The van der Waals surface area contributed by atoms with Gasteiger partial charge in [-0.2, -0.15) is 0 Å². The summed E-state index contributed by atoms with van der Waals surface area (Å²) in [5, 5.41) is 21.4. The van der Waals surface area contributed by atoms with Gasteiger partial charge in [-0.25, -0.2) is 4.79 Å². The Hall–Kier alpha value is -0.810. The molecule has 5 heteroatoms. The van der Waals surface area contributed by atoms with Gasteiger partial charge < -0.3 is 20.4 Å². The molecule has 2 rings (SSSR count). The second-order valence-electron chi connectivity index (χ2n) is 4.12. The van der Waals surface area contributed by atoms with E-state index < -0.39 is 12.2 Å². The highest BCUT2D eigenvalue weighted by Gasteiger charge is 2.33. The average Bonchev–Trinajstić information content (AvgIpc) is 2.40. The van der Waals surface area contributed by atoms with Gasteiger partial charge in [0, 0.05) is 6.04 Å². The number of hydrogen-bond acceptors (Lipinski definition) is 3. The van der Waals surface area contributed by atoms with Crippen LogP contribution in [0.15, 0.2) is 0 Å². The Morgan fingerprint density at radius 2 is 1.79 bits per heavy atom. The van der Waals surface area contributed by atoms with Gasteiger partial charge in [0.05, 0.1) is 25.3 Å². The van der Waals surface area contributed by atoms with Crippen LogP contribution in [0.4, 0.5) is 4.79 Å². The fraction of sp³-hybridized carbons (Fsp3) is 0.889. The number of amides is 2. The van der Waals surface area contributed by atoms with Gasteiger partial charge in [0.25, 0.3) is 0 Å². The van der Waals surface area contributed by atoms with Crippen LogP contribution in [-0.2, 0) is 0 Å². The van der Waals surface area contributed by atoms with Gasteiger partial charge >= 0.3 is 6.03 Å². The van der Waals surface area contributed by atoms with E-state index in [-0.39, 0.29) is 19.1 Å². The molecule has 2 aliphatic rings. The van der Waals surface area contributed by atoms with Gasteiger partial charge in [-0.1, -0.05) is 0 Å². The van der Waals surface area contributed by atoms with Crippen LogP contribution in [0.1, 0.15) is 19.3 Å². The van der Waals surface area contributed by atoms with Gasteiger partial charge in [-0.3, -0.25) is 0 Å². The van der Waals surface area contributed by atoms with Crippen molar-refractivity contribution >= 4 is 6.03 Å². The van der Waals surface area contributed by atoms with Crippen molar-refractivity contribution in [3.63, 3.8) is 0 Å². The molecule has 80 valence electrons. The Morgan fingerprint density at radius 1 is 1.21 bits per heavy atom. The minimum Gasteiger partial charge on any atom is -0.388 e. The lowest BCUT2D eigenvalue weighted by Crippen LogP contribution is -2.46. The number of rotatable bonds is 1. The van der Waals surface area contributed by atoms with E-state index in [2.05, 4.69) is 5.32 Å². The largest absolute Gasteiger partial charge is 0.388 e. The standard InChI is InChI=1S/C9H16N2O3/c12-7-4-11(5-8(7)13)9(14)10-6-2-1-3-6/h6-8,12-13H,1-5H2,(H,10,14)/t7-,8+. The van der Waals surface area contributed by atoms with E-state index in [0.717, 1.165) is 12.8 Å². The van der Waals surface area contributed by atoms with Gasteiger partial charge in [0.1, 0.15) is 0 Å². The number of carbonyl (C=O) groups is 1. The van der Waals surface area contributed by atoms with Crippen molar-refractivity contribution in [2.24, 2.45) is 0 Å². The lowest BCUT2D eigenvalue weighted by Gasteiger charge is -2.28. The number of urea groups is 1. The molecule has 0 spiro atoms. The summed E-state index contributed by atoms with van der Waals surface area (Å²) in [4.78, 5) is 13.0. The van der Waals surface area contributed by atoms with Gasteiger partial charge in [-0.15, -0.1) is 0 Å². The van der Waals surface area contributed by atoms with Crippen LogP contribution in [0, 0.1) is 0 Å². The SMILES string of the molecule is O=C(NC1CCC1)N1C[C@@H](O)[C@@H](O)C1. The van der Waals surface area contributed by atoms with Crippen LogP contribution in [0.25, 0.3) is 0 Å². The molecule has 0 aromatic rings. The van der Waals surface area contributed by atoms with E-state index in [9.17, 15) is 15.0 Å². The van der Waals surface area contributed by atoms with Crippen molar-refractivity contribution in [1.82, 2.24) is 10.2 Å². The fourth-order valence-corrected chi connectivity index (χ4v) is 1.75. The Kier molecular flexibility index (Phi) is 2.60. The van der Waals surface area contributed by atoms with Crippen molar-refractivity contribution in [3.05, 3.63) is 0 Å². The van der Waals surface area contributed by atoms with Crippen molar-refractivity contribution in [3.8, 4) is 0 Å². The smallest absolute Gasteiger partial charge is 0.317 e. The van der Waals surface area contributed by atoms with Crippen LogP contribution in [0.5, 0.6) is 0 Å². The Bertz CT molecular complexity index is 220. The van der Waals surface area contributed by atoms with E-state index in [0.29, 0.717) is 6.04 Å². The fourth-order valence-electron chi connectivity index (χ4n) is 1.75. The zero-order chi connectivity index (χ0) is 10.1. The average molecular weight is 200 g/mol. The first kappa shape index (κ1) is 9.73. The third-order valence-electron chi connectivity index (χ3n) is 2.98. The van der Waals surface area contributed by atoms with Crippen molar-refractivity contribution < 1.29 is 15.0 Å². The Labute approximate surface area is 82.7 Å². The maximum atomic E-state index is 11.5. The predicted molar refractivity (Wildman–Crippen MR) is 49.8 cm³/mol. The highest BCUT2D eigenvalue weighted by Crippen LogP contribution is 2.19. The van der Waals surface area contributed by atoms with Crippen molar-refractivity contribution in [2.45, 2.75) is 37.5 Å². The minimum atomic E-state index is -0.790. The van der Waals surface area contributed by atoms with Crippen LogP contribution in [-0.4, -0.2) is 52.5 Å². The number of nitrogens with zero attached hydrogens (tertiary/aromatic N) is 1. The topological polar surface area (TPSA) is 72.8 Å². The van der Waals surface area contributed by atoms with E-state index >= 15 is 0 Å². The summed E-state index contributed by atoms with van der Waals surface area (Å²) in [6.07, 6.45) is 1.69. The molecule has 1 aliphatic heterocycles. The van der Waals surface area contributed by atoms with Crippen LogP contribution < -0.4 is 5.32 Å². The summed E-state index contributed by atoms with van der Waals surface area (Å²) in [6, 6.07) is 0.141. The second kappa shape index (κ2) is 3.74. The molecule has 1 aliphatic carbocycles. The third-order valence-corrected chi connectivity index (χ3v) is 2.98. The second-order valence-corrected chi connectivity index (χ2v) is 4.12. The van der Waals surface area contributed by atoms with Gasteiger partial charge in [0.15, 0.2) is 0 Å². The molecular formula is C9H16N2O3. The van der Waals surface area contributed by atoms with Crippen LogP contribution in [0.2, 0.25) is 0 Å². The molecule has 0 radical (unpaired) electrons. The molecule has 2 fully saturated rings. The Balaban J connectivity index is 1.80. The molecule has 0 unspecified atom stereocenters. The number of hydrogen-bond donors (Lipinski definition) is 3. The van der Waals surface area contributed by atoms with Gasteiger partial charge in [0.2, 0.25) is 0 Å². The maximum absolute atomic E-state index is 11.5. The normalized spacial score (nSPS) is 32.9. The zero-order valence-corrected chi connectivity index (χ0v) is 8.02. The predicted octanol–water partition coefficient (Wildman–Crippen LogP) is -0.714. The summed E-state index contributed by atoms with van der Waals surface area (Å²) in [5.41, 5.74) is 0. The maximum Gasteiger partial charge on any atom is 0.317 e. The molecule has 14 heavy (non-hydrogen) atoms. The highest BCUT2D eigenvalue weighted by atomic mass is 16.3. The minimum absolute atomic E-state index is 0.162. The number of nitrogens with one attached hydrogen (secondary N) is 1. The van der Waals surface area contributed by atoms with Crippen molar-refractivity contribution in [2.75, 3.05) is 13.1 Å². The Morgan fingerprint density at radius 3 is 2.21 bits per heavy atom. The lowest BCUT2D eigenvalue weighted by molar-refractivity contribution is 0.0572. The van der Waals surface area contributed by atoms with Gasteiger partial charge in [-0.05, 0) is 19.3 Å². The summed E-state index contributed by atoms with van der Waals surface area (Å²) >= 11 is 0. The quantitative estimate of drug-likeness (QED) is 0.523. The van der Waals surface area contributed by atoms with Crippen LogP contribution >= 0.6 is 0 Å². The van der Waals surface area contributed by atoms with Crippen molar-refractivity contribution in [1.29, 1.82) is 0 Å². The first-order valence-corrected chi connectivity index (χ1v) is 5.08. The number of aliphatic hydroxyl groups excluding tert-OH is 2. The van der Waals surface area contributed by atoms with E-state index in [1.807, 2.05) is 0 Å². The molecule has 1 heterocycles. The number of carbonyl (C=O) groups excluding carboxylic acids is 1. The lowest BCUT2D eigenvalue weighted by atomic mass is 9.93. The molecule has 0 aromatic carbocycles. The summed E-state index contributed by atoms with van der Waals surface area (Å²) in [7, 11) is 0. The molecule has 1 saturated carbocycles. The zero-order valence-electron chi connectivity index (χ0n) is 8.02. The molecule has 2 atom stereocenters. The molecule has 0 bridgehead atoms. The molecular weight excluding hydrogens is 184 g/mol. The summed E-state index contributed by atoms with van der Waals surface area (Å²) in [6.45, 7) is 0.472. The number of aliphatic hydroxyl groups is 2. The number of β-amino-alcohol motifs (C(OH)–C–C–N with tert-alkyl or cyclic N) is 2. The van der Waals surface area contributed by atoms with E-state index in [4.69, 9.17) is 0 Å². The van der Waals surface area contributed by atoms with Crippen LogP contribution in [0.3, 0.4) is 0 Å². The molecule has 2 amide bonds. The molecule has 0 aromatic heterocycles. The molecule has 5 nitrogen and oxygen atoms in total. The molecule has 3 N–H and O–H groups in total.